The molecule has 0 aliphatic rings. The normalized spacial score (nSPS) is 10.4. The summed E-state index contributed by atoms with van der Waals surface area (Å²) < 4.78 is 5.54. The maximum absolute atomic E-state index is 11.3. The average Bonchev–Trinajstić information content (AvgIpc) is 2.34. The monoisotopic (exact) mass is 250 g/mol. The predicted molar refractivity (Wildman–Crippen MR) is 72.7 cm³/mol. The molecule has 1 amide bonds. The second-order valence-electron chi connectivity index (χ2n) is 4.41. The summed E-state index contributed by atoms with van der Waals surface area (Å²) >= 11 is 0. The van der Waals surface area contributed by atoms with Gasteiger partial charge in [-0.1, -0.05) is 18.2 Å². The molecule has 0 saturated heterocycles. The summed E-state index contributed by atoms with van der Waals surface area (Å²) in [5.74, 6) is 0.920. The van der Waals surface area contributed by atoms with E-state index in [1.807, 2.05) is 44.2 Å². The highest BCUT2D eigenvalue weighted by molar-refractivity contribution is 5.78. The lowest BCUT2D eigenvalue weighted by Crippen LogP contribution is -2.38. The Morgan fingerprint density at radius 1 is 1.28 bits per heavy atom. The zero-order valence-electron chi connectivity index (χ0n) is 11.1. The minimum absolute atomic E-state index is 0.0361. The highest BCUT2D eigenvalue weighted by atomic mass is 16.5. The van der Waals surface area contributed by atoms with Crippen LogP contribution in [0, 0.1) is 0 Å². The van der Waals surface area contributed by atoms with E-state index in [4.69, 9.17) is 4.74 Å². The fourth-order valence-electron chi connectivity index (χ4n) is 1.48. The Morgan fingerprint density at radius 2 is 2.00 bits per heavy atom. The minimum Gasteiger partial charge on any atom is -0.494 e. The Morgan fingerprint density at radius 3 is 2.67 bits per heavy atom. The summed E-state index contributed by atoms with van der Waals surface area (Å²) in [6, 6.07) is 9.92. The fraction of sp³-hybridized carbons (Fsp3) is 0.500. The van der Waals surface area contributed by atoms with Crippen molar-refractivity contribution < 1.29 is 9.53 Å². The molecule has 0 aliphatic heterocycles. The molecule has 4 nitrogen and oxygen atoms in total. The maximum atomic E-state index is 11.3. The summed E-state index contributed by atoms with van der Waals surface area (Å²) in [5.41, 5.74) is 0. The number of rotatable bonds is 8. The molecule has 1 rings (SSSR count). The lowest BCUT2D eigenvalue weighted by Gasteiger charge is -2.09. The third-order valence-electron chi connectivity index (χ3n) is 2.25. The van der Waals surface area contributed by atoms with Gasteiger partial charge in [0.05, 0.1) is 13.2 Å². The van der Waals surface area contributed by atoms with Crippen molar-refractivity contribution in [1.82, 2.24) is 10.6 Å². The molecule has 18 heavy (non-hydrogen) atoms. The third kappa shape index (κ3) is 6.91. The number of carbonyl (C=O) groups is 1. The van der Waals surface area contributed by atoms with Crippen LogP contribution in [0.1, 0.15) is 20.3 Å². The van der Waals surface area contributed by atoms with Gasteiger partial charge in [-0.05, 0) is 38.9 Å². The van der Waals surface area contributed by atoms with Crippen molar-refractivity contribution in [1.29, 1.82) is 0 Å². The van der Waals surface area contributed by atoms with Gasteiger partial charge < -0.3 is 15.4 Å². The van der Waals surface area contributed by atoms with Crippen molar-refractivity contribution in [3.05, 3.63) is 30.3 Å². The zero-order chi connectivity index (χ0) is 13.2. The standard InChI is InChI=1S/C14H22N2O2/c1-12(2)16-14(17)11-15-9-6-10-18-13-7-4-3-5-8-13/h3-5,7-8,12,15H,6,9-11H2,1-2H3,(H,16,17). The first kappa shape index (κ1) is 14.5. The Bertz CT molecular complexity index is 339. The molecule has 0 heterocycles. The van der Waals surface area contributed by atoms with Gasteiger partial charge >= 0.3 is 0 Å². The number of nitrogens with one attached hydrogen (secondary N) is 2. The molecular weight excluding hydrogens is 228 g/mol. The fourth-order valence-corrected chi connectivity index (χ4v) is 1.48. The van der Waals surface area contributed by atoms with E-state index in [0.717, 1.165) is 18.7 Å². The maximum Gasteiger partial charge on any atom is 0.234 e. The third-order valence-corrected chi connectivity index (χ3v) is 2.25. The lowest BCUT2D eigenvalue weighted by atomic mass is 10.3. The van der Waals surface area contributed by atoms with Crippen LogP contribution in [0.15, 0.2) is 30.3 Å². The predicted octanol–water partition coefficient (Wildman–Crippen LogP) is 1.57. The molecule has 0 aliphatic carbocycles. The molecule has 100 valence electrons. The summed E-state index contributed by atoms with van der Waals surface area (Å²) in [6.07, 6.45) is 0.879. The topological polar surface area (TPSA) is 50.4 Å². The van der Waals surface area contributed by atoms with Crippen LogP contribution in [0.25, 0.3) is 0 Å². The van der Waals surface area contributed by atoms with E-state index in [9.17, 15) is 4.79 Å². The van der Waals surface area contributed by atoms with E-state index in [2.05, 4.69) is 10.6 Å². The summed E-state index contributed by atoms with van der Waals surface area (Å²) in [5, 5.41) is 5.91. The van der Waals surface area contributed by atoms with Crippen molar-refractivity contribution >= 4 is 5.91 Å². The first-order chi connectivity index (χ1) is 8.68. The Kier molecular flexibility index (Phi) is 6.87. The molecule has 0 atom stereocenters. The van der Waals surface area contributed by atoms with Gasteiger partial charge in [-0.2, -0.15) is 0 Å². The highest BCUT2D eigenvalue weighted by Crippen LogP contribution is 2.07. The van der Waals surface area contributed by atoms with Crippen molar-refractivity contribution in [2.75, 3.05) is 19.7 Å². The summed E-state index contributed by atoms with van der Waals surface area (Å²) in [4.78, 5) is 11.3. The van der Waals surface area contributed by atoms with Crippen LogP contribution in [0.4, 0.5) is 0 Å². The molecule has 1 aromatic rings. The summed E-state index contributed by atoms with van der Waals surface area (Å²) in [6.45, 7) is 5.70. The number of hydrogen-bond donors (Lipinski definition) is 2. The van der Waals surface area contributed by atoms with Crippen molar-refractivity contribution in [3.8, 4) is 5.75 Å². The van der Waals surface area contributed by atoms with E-state index >= 15 is 0 Å². The number of hydrogen-bond acceptors (Lipinski definition) is 3. The molecule has 0 saturated carbocycles. The van der Waals surface area contributed by atoms with Crippen molar-refractivity contribution in [2.24, 2.45) is 0 Å². The molecule has 0 fully saturated rings. The molecule has 1 aromatic carbocycles. The van der Waals surface area contributed by atoms with E-state index < -0.39 is 0 Å². The molecule has 0 unspecified atom stereocenters. The van der Waals surface area contributed by atoms with Gasteiger partial charge in [-0.3, -0.25) is 4.79 Å². The molecule has 0 aromatic heterocycles. The summed E-state index contributed by atoms with van der Waals surface area (Å²) in [7, 11) is 0. The Balaban J connectivity index is 1.98. The van der Waals surface area contributed by atoms with Gasteiger partial charge in [0.15, 0.2) is 0 Å². The van der Waals surface area contributed by atoms with Gasteiger partial charge in [0.25, 0.3) is 0 Å². The zero-order valence-corrected chi connectivity index (χ0v) is 11.1. The lowest BCUT2D eigenvalue weighted by molar-refractivity contribution is -0.120. The molecule has 4 heteroatoms. The molecule has 2 N–H and O–H groups in total. The van der Waals surface area contributed by atoms with Gasteiger partial charge in [0.1, 0.15) is 5.75 Å². The van der Waals surface area contributed by atoms with Crippen LogP contribution < -0.4 is 15.4 Å². The van der Waals surface area contributed by atoms with Crippen molar-refractivity contribution in [3.63, 3.8) is 0 Å². The van der Waals surface area contributed by atoms with Crippen LogP contribution in [-0.4, -0.2) is 31.6 Å². The number of para-hydroxylation sites is 1. The number of carbonyl (C=O) groups excluding carboxylic acids is 1. The molecule has 0 spiro atoms. The van der Waals surface area contributed by atoms with Gasteiger partial charge in [-0.25, -0.2) is 0 Å². The minimum atomic E-state index is 0.0361. The van der Waals surface area contributed by atoms with Crippen LogP contribution in [0.3, 0.4) is 0 Å². The molecule has 0 bridgehead atoms. The van der Waals surface area contributed by atoms with E-state index in [1.54, 1.807) is 0 Å². The largest absolute Gasteiger partial charge is 0.494 e. The van der Waals surface area contributed by atoms with Crippen LogP contribution in [0.2, 0.25) is 0 Å². The van der Waals surface area contributed by atoms with Gasteiger partial charge in [0, 0.05) is 6.04 Å². The van der Waals surface area contributed by atoms with E-state index in [-0.39, 0.29) is 11.9 Å². The second kappa shape index (κ2) is 8.53. The Hall–Kier alpha value is -1.55. The average molecular weight is 250 g/mol. The highest BCUT2D eigenvalue weighted by Gasteiger charge is 2.01. The van der Waals surface area contributed by atoms with Gasteiger partial charge in [0.2, 0.25) is 5.91 Å². The molecule has 0 radical (unpaired) electrons. The van der Waals surface area contributed by atoms with Crippen LogP contribution in [0.5, 0.6) is 5.75 Å². The smallest absolute Gasteiger partial charge is 0.234 e. The molecular formula is C14H22N2O2. The number of benzene rings is 1. The van der Waals surface area contributed by atoms with Crippen LogP contribution >= 0.6 is 0 Å². The van der Waals surface area contributed by atoms with Crippen molar-refractivity contribution in [2.45, 2.75) is 26.3 Å². The Labute approximate surface area is 109 Å². The SMILES string of the molecule is CC(C)NC(=O)CNCCCOc1ccccc1. The first-order valence-electron chi connectivity index (χ1n) is 6.36. The quantitative estimate of drug-likeness (QED) is 0.689. The first-order valence-corrected chi connectivity index (χ1v) is 6.36. The van der Waals surface area contributed by atoms with Crippen LogP contribution in [-0.2, 0) is 4.79 Å². The number of ether oxygens (including phenoxy) is 1. The second-order valence-corrected chi connectivity index (χ2v) is 4.41. The van der Waals surface area contributed by atoms with E-state index in [0.29, 0.717) is 13.2 Å². The van der Waals surface area contributed by atoms with Gasteiger partial charge in [-0.15, -0.1) is 0 Å². The number of amides is 1. The van der Waals surface area contributed by atoms with E-state index in [1.165, 1.54) is 0 Å².